The minimum Gasteiger partial charge on any atom is -0.276 e. The van der Waals surface area contributed by atoms with Crippen LogP contribution in [0.25, 0.3) is 0 Å². The molecular weight excluding hydrogens is 774 g/mol. The van der Waals surface area contributed by atoms with Crippen LogP contribution in [0.15, 0.2) is 150 Å². The molecule has 0 aromatic heterocycles. The predicted octanol–water partition coefficient (Wildman–Crippen LogP) is 9.02. The first-order chi connectivity index (χ1) is 25.3. The minimum atomic E-state index is -7.47. The highest BCUT2D eigenvalue weighted by Gasteiger charge is 2.85. The Morgan fingerprint density at radius 2 is 1.04 bits per heavy atom. The number of sulfonamides is 1. The Balaban J connectivity index is 1.80. The molecule has 5 aromatic rings. The molecule has 0 saturated carbocycles. The van der Waals surface area contributed by atoms with Crippen molar-refractivity contribution in [1.82, 2.24) is 0 Å². The van der Waals surface area contributed by atoms with Crippen LogP contribution in [-0.4, -0.2) is 42.0 Å². The topological polar surface area (TPSA) is 114 Å². The van der Waals surface area contributed by atoms with Crippen LogP contribution in [0, 0.1) is 10.1 Å². The average molecular weight is 799 g/mol. The number of alkyl halides is 9. The second kappa shape index (κ2) is 14.7. The SMILES string of the molecule is O=[N+]([O-])c1ccc(C(N=Nc2ccccc2NS(=O)(=O)C(F)(F)C(F)(F)C(F)(F)C(F)(F)F)=P(c2ccccc2)(c2ccccc2)c2ccccc2)cc1. The number of hydrogen-bond donors (Lipinski definition) is 1. The van der Waals surface area contributed by atoms with E-state index in [1.54, 1.807) is 91.0 Å². The van der Waals surface area contributed by atoms with E-state index in [0.29, 0.717) is 22.0 Å². The molecule has 0 amide bonds. The van der Waals surface area contributed by atoms with Crippen LogP contribution in [0.2, 0.25) is 0 Å². The first-order valence-electron chi connectivity index (χ1n) is 15.2. The van der Waals surface area contributed by atoms with Crippen molar-refractivity contribution in [3.05, 3.63) is 155 Å². The van der Waals surface area contributed by atoms with E-state index in [4.69, 9.17) is 0 Å². The van der Waals surface area contributed by atoms with Crippen LogP contribution in [0.4, 0.5) is 56.6 Å². The van der Waals surface area contributed by atoms with E-state index in [-0.39, 0.29) is 16.7 Å². The smallest absolute Gasteiger partial charge is 0.276 e. The summed E-state index contributed by atoms with van der Waals surface area (Å²) < 4.78 is 149. The van der Waals surface area contributed by atoms with Crippen molar-refractivity contribution in [2.45, 2.75) is 23.3 Å². The Labute approximate surface area is 301 Å². The zero-order valence-corrected chi connectivity index (χ0v) is 28.7. The van der Waals surface area contributed by atoms with Crippen molar-refractivity contribution in [2.24, 2.45) is 10.2 Å². The van der Waals surface area contributed by atoms with E-state index in [9.17, 15) is 58.0 Å². The number of nitrogens with zero attached hydrogens (tertiary/aromatic N) is 3. The summed E-state index contributed by atoms with van der Waals surface area (Å²) in [7, 11) is -7.08. The lowest BCUT2D eigenvalue weighted by molar-refractivity contribution is -0.384. The normalized spacial score (nSPS) is 13.1. The fraction of sp³-hybridized carbons (Fsp3) is 0.114. The molecule has 8 nitrogen and oxygen atoms in total. The molecule has 5 rings (SSSR count). The summed E-state index contributed by atoms with van der Waals surface area (Å²) in [5, 5.41) is 15.1. The molecule has 0 fully saturated rings. The van der Waals surface area contributed by atoms with Crippen molar-refractivity contribution in [1.29, 1.82) is 0 Å². The summed E-state index contributed by atoms with van der Waals surface area (Å²) >= 11 is 0. The molecule has 54 heavy (non-hydrogen) atoms. The Morgan fingerprint density at radius 1 is 0.611 bits per heavy atom. The molecule has 1 N–H and O–H groups in total. The van der Waals surface area contributed by atoms with E-state index >= 15 is 0 Å². The third-order valence-electron chi connectivity index (χ3n) is 7.94. The highest BCUT2D eigenvalue weighted by atomic mass is 32.2. The van der Waals surface area contributed by atoms with Gasteiger partial charge in [0.2, 0.25) is 0 Å². The molecule has 0 heterocycles. The minimum absolute atomic E-state index is 0.111. The van der Waals surface area contributed by atoms with Gasteiger partial charge in [-0.3, -0.25) is 14.8 Å². The summed E-state index contributed by atoms with van der Waals surface area (Å²) in [6.45, 7) is -3.26. The summed E-state index contributed by atoms with van der Waals surface area (Å²) in [6.07, 6.45) is -7.25. The summed E-state index contributed by atoms with van der Waals surface area (Å²) in [6, 6.07) is 35.4. The second-order valence-electron chi connectivity index (χ2n) is 11.3. The maximum Gasteiger partial charge on any atom is 0.460 e. The molecule has 0 radical (unpaired) electrons. The van der Waals surface area contributed by atoms with Crippen molar-refractivity contribution in [2.75, 3.05) is 4.72 Å². The van der Waals surface area contributed by atoms with Gasteiger partial charge in [-0.05, 0) is 40.2 Å². The third kappa shape index (κ3) is 6.98. The van der Waals surface area contributed by atoms with Gasteiger partial charge in [-0.2, -0.15) is 47.9 Å². The first-order valence-corrected chi connectivity index (χ1v) is 18.5. The maximum absolute atomic E-state index is 14.7. The molecule has 0 saturated heterocycles. The number of anilines is 1. The Hall–Kier alpha value is -5.48. The van der Waals surface area contributed by atoms with Gasteiger partial charge in [0.05, 0.1) is 10.6 Å². The molecule has 0 aliphatic carbocycles. The van der Waals surface area contributed by atoms with E-state index < -0.39 is 56.5 Å². The van der Waals surface area contributed by atoms with Crippen LogP contribution >= 0.6 is 6.89 Å². The number of para-hydroxylation sites is 1. The fourth-order valence-corrected chi connectivity index (χ4v) is 10.6. The lowest BCUT2D eigenvalue weighted by Gasteiger charge is -2.33. The number of rotatable bonds is 12. The number of nitro benzene ring substituents is 1. The van der Waals surface area contributed by atoms with Crippen molar-refractivity contribution in [3.63, 3.8) is 0 Å². The van der Waals surface area contributed by atoms with Gasteiger partial charge >= 0.3 is 33.3 Å². The van der Waals surface area contributed by atoms with Gasteiger partial charge in [-0.1, -0.05) is 103 Å². The number of azo groups is 1. The summed E-state index contributed by atoms with van der Waals surface area (Å²) in [5.41, 5.74) is -1.65. The van der Waals surface area contributed by atoms with Gasteiger partial charge in [0.1, 0.15) is 11.1 Å². The summed E-state index contributed by atoms with van der Waals surface area (Å²) in [4.78, 5) is 10.9. The summed E-state index contributed by atoms with van der Waals surface area (Å²) in [5.74, 6) is -14.9. The van der Waals surface area contributed by atoms with E-state index in [2.05, 4.69) is 10.2 Å². The van der Waals surface area contributed by atoms with Crippen LogP contribution in [0.1, 0.15) is 5.56 Å². The zero-order valence-electron chi connectivity index (χ0n) is 27.0. The van der Waals surface area contributed by atoms with Gasteiger partial charge in [0, 0.05) is 24.6 Å². The molecule has 0 atom stereocenters. The highest BCUT2D eigenvalue weighted by molar-refractivity contribution is 7.95. The second-order valence-corrected chi connectivity index (χ2v) is 16.3. The Morgan fingerprint density at radius 3 is 1.46 bits per heavy atom. The standard InChI is InChI=1S/C35H24F9N4O4PS/c36-32(37,34(40,41)42)33(38,39)35(43,44)54(51,52)47-30-19-11-10-18-29(30)45-46-31(24-20-22-25(23-21-24)48(49)50)53(26-12-4-1-5-13-26,27-14-6-2-7-15-27)28-16-8-3-9-17-28/h1-23,47H. The van der Waals surface area contributed by atoms with E-state index in [1.165, 1.54) is 30.3 Å². The quantitative estimate of drug-likeness (QED) is 0.0446. The maximum atomic E-state index is 14.7. The average Bonchev–Trinajstić information content (AvgIpc) is 3.14. The van der Waals surface area contributed by atoms with Crippen LogP contribution in [-0.2, 0) is 10.0 Å². The third-order valence-corrected chi connectivity index (χ3v) is 13.6. The van der Waals surface area contributed by atoms with Crippen molar-refractivity contribution < 1.29 is 52.9 Å². The molecule has 0 aliphatic heterocycles. The van der Waals surface area contributed by atoms with Gasteiger partial charge < -0.3 is 0 Å². The van der Waals surface area contributed by atoms with Crippen molar-refractivity contribution in [3.8, 4) is 0 Å². The molecule has 0 unspecified atom stereocenters. The van der Waals surface area contributed by atoms with Crippen molar-refractivity contribution >= 4 is 55.3 Å². The number of nitrogens with one attached hydrogen (secondary N) is 1. The van der Waals surface area contributed by atoms with Gasteiger partial charge in [-0.25, -0.2) is 0 Å². The number of halogens is 9. The van der Waals surface area contributed by atoms with E-state index in [1.807, 2.05) is 0 Å². The molecular formula is C35H24F9N4O4PS. The Kier molecular flexibility index (Phi) is 10.8. The van der Waals surface area contributed by atoms with Gasteiger partial charge in [0.15, 0.2) is 0 Å². The fourth-order valence-electron chi connectivity index (χ4n) is 5.31. The molecule has 5 aromatic carbocycles. The predicted molar refractivity (Wildman–Crippen MR) is 187 cm³/mol. The lowest BCUT2D eigenvalue weighted by Crippen LogP contribution is -2.64. The van der Waals surface area contributed by atoms with Crippen LogP contribution < -0.4 is 20.6 Å². The monoisotopic (exact) mass is 798 g/mol. The molecule has 0 aliphatic rings. The highest BCUT2D eigenvalue weighted by Crippen LogP contribution is 2.55. The number of non-ortho nitro benzene ring substituents is 1. The van der Waals surface area contributed by atoms with Crippen LogP contribution in [0.5, 0.6) is 0 Å². The molecule has 282 valence electrons. The van der Waals surface area contributed by atoms with Gasteiger partial charge in [0.25, 0.3) is 5.69 Å². The molecule has 0 spiro atoms. The lowest BCUT2D eigenvalue weighted by atomic mass is 10.1. The number of benzene rings is 5. The van der Waals surface area contributed by atoms with E-state index in [0.717, 1.165) is 16.9 Å². The molecule has 0 bridgehead atoms. The largest absolute Gasteiger partial charge is 0.460 e. The van der Waals surface area contributed by atoms with Gasteiger partial charge in [-0.15, -0.1) is 10.2 Å². The van der Waals surface area contributed by atoms with Crippen LogP contribution in [0.3, 0.4) is 0 Å². The zero-order chi connectivity index (χ0) is 39.6. The first kappa shape index (κ1) is 39.7. The number of nitro groups is 1. The number of hydrogen-bond acceptors (Lipinski definition) is 5. The molecule has 19 heteroatoms. The Bertz CT molecular complexity index is 2230.